The molecule has 0 spiro atoms. The molecule has 1 aromatic heterocycles. The van der Waals surface area contributed by atoms with Crippen molar-refractivity contribution in [3.63, 3.8) is 0 Å². The summed E-state index contributed by atoms with van der Waals surface area (Å²) in [6.45, 7) is 1.66. The van der Waals surface area contributed by atoms with Crippen LogP contribution in [-0.4, -0.2) is 17.7 Å². The molecule has 70 valence electrons. The Labute approximate surface area is 74.5 Å². The topological polar surface area (TPSA) is 17.8 Å². The van der Waals surface area contributed by atoms with Crippen LogP contribution < -0.4 is 0 Å². The van der Waals surface area contributed by atoms with Gasteiger partial charge in [0.05, 0.1) is 6.20 Å². The lowest BCUT2D eigenvalue weighted by molar-refractivity contribution is -0.142. The molecule has 0 aliphatic carbocycles. The number of alkyl halides is 3. The van der Waals surface area contributed by atoms with Gasteiger partial charge in [0.25, 0.3) is 0 Å². The number of nitrogens with zero attached hydrogens (tertiary/aromatic N) is 2. The molecule has 0 unspecified atom stereocenters. The van der Waals surface area contributed by atoms with E-state index < -0.39 is 11.9 Å². The monoisotopic (exact) mass is 188 g/mol. The zero-order valence-corrected chi connectivity index (χ0v) is 7.26. The van der Waals surface area contributed by atoms with Gasteiger partial charge >= 0.3 is 6.18 Å². The first-order chi connectivity index (χ1) is 5.96. The molecule has 6 heteroatoms. The maximum atomic E-state index is 12.4. The van der Waals surface area contributed by atoms with E-state index in [-0.39, 0.29) is 5.56 Å². The Morgan fingerprint density at radius 1 is 1.54 bits per heavy atom. The quantitative estimate of drug-likeness (QED) is 0.607. The summed E-state index contributed by atoms with van der Waals surface area (Å²) >= 11 is 0. The third kappa shape index (κ3) is 1.94. The molecular weight excluding hydrogens is 180 g/mol. The lowest BCUT2D eigenvalue weighted by Crippen LogP contribution is -2.14. The van der Waals surface area contributed by atoms with E-state index in [0.29, 0.717) is 0 Å². The molecule has 1 heterocycles. The molecule has 0 atom stereocenters. The van der Waals surface area contributed by atoms with Gasteiger partial charge in [-0.25, -0.2) is 0 Å². The summed E-state index contributed by atoms with van der Waals surface area (Å²) in [6, 6.07) is 0. The van der Waals surface area contributed by atoms with Gasteiger partial charge in [-0.3, -0.25) is 0 Å². The summed E-state index contributed by atoms with van der Waals surface area (Å²) < 4.78 is 37.9. The summed E-state index contributed by atoms with van der Waals surface area (Å²) in [7, 11) is 1.27. The summed E-state index contributed by atoms with van der Waals surface area (Å²) in [6.07, 6.45) is -0.217. The molecule has 2 nitrogen and oxygen atoms in total. The maximum absolute atomic E-state index is 12.4. The predicted octanol–water partition coefficient (Wildman–Crippen LogP) is 1.33. The molecule has 1 rings (SSSR count). The fourth-order valence-electron chi connectivity index (χ4n) is 1.10. The third-order valence-corrected chi connectivity index (χ3v) is 1.58. The largest absolute Gasteiger partial charge is 0.432 e. The Balaban J connectivity index is 3.24. The first-order valence-corrected chi connectivity index (χ1v) is 3.68. The van der Waals surface area contributed by atoms with Gasteiger partial charge in [-0.1, -0.05) is 12.2 Å². The van der Waals surface area contributed by atoms with E-state index in [1.807, 2.05) is 0 Å². The van der Waals surface area contributed by atoms with Crippen molar-refractivity contribution in [1.82, 2.24) is 9.69 Å². The standard InChI is InChI=1S/C7H8BF3N2/c1-2-3-5-4-12-13(8)6(5)7(9,10)11/h2-4H,8H2,1H3. The SMILES string of the molecule is Bn1ncc(C=CC)c1C(F)(F)F. The minimum atomic E-state index is -4.35. The van der Waals surface area contributed by atoms with Crippen molar-refractivity contribution in [3.05, 3.63) is 23.5 Å². The molecule has 0 aromatic carbocycles. The molecule has 0 saturated heterocycles. The second kappa shape index (κ2) is 3.28. The van der Waals surface area contributed by atoms with Gasteiger partial charge in [-0.15, -0.1) is 0 Å². The minimum Gasteiger partial charge on any atom is -0.315 e. The summed E-state index contributed by atoms with van der Waals surface area (Å²) in [4.78, 5) is 0. The van der Waals surface area contributed by atoms with Crippen molar-refractivity contribution < 1.29 is 13.2 Å². The molecule has 0 aliphatic heterocycles. The van der Waals surface area contributed by atoms with E-state index in [1.54, 1.807) is 13.0 Å². The summed E-state index contributed by atoms with van der Waals surface area (Å²) in [5.74, 6) is 0. The van der Waals surface area contributed by atoms with Crippen LogP contribution in [0.4, 0.5) is 13.2 Å². The van der Waals surface area contributed by atoms with Gasteiger partial charge in [0, 0.05) is 5.56 Å². The average molecular weight is 188 g/mol. The van der Waals surface area contributed by atoms with Crippen LogP contribution in [0.15, 0.2) is 12.3 Å². The van der Waals surface area contributed by atoms with E-state index in [9.17, 15) is 13.2 Å². The number of hydrogen-bond donors (Lipinski definition) is 0. The molecular formula is C7H8BF3N2. The second-order valence-electron chi connectivity index (χ2n) is 2.57. The Hall–Kier alpha value is -1.20. The number of rotatable bonds is 1. The molecule has 0 aliphatic rings. The maximum Gasteiger partial charge on any atom is 0.432 e. The normalized spacial score (nSPS) is 12.6. The molecule has 0 fully saturated rings. The van der Waals surface area contributed by atoms with Crippen LogP contribution in [0.5, 0.6) is 0 Å². The lowest BCUT2D eigenvalue weighted by Gasteiger charge is -2.07. The first-order valence-electron chi connectivity index (χ1n) is 3.68. The number of halogens is 3. The smallest absolute Gasteiger partial charge is 0.315 e. The Bertz CT molecular complexity index is 327. The summed E-state index contributed by atoms with van der Waals surface area (Å²) in [5, 5.41) is 3.55. The molecule has 13 heavy (non-hydrogen) atoms. The number of allylic oxidation sites excluding steroid dienone is 1. The molecule has 0 N–H and O–H groups in total. The van der Waals surface area contributed by atoms with E-state index in [4.69, 9.17) is 0 Å². The van der Waals surface area contributed by atoms with Crippen LogP contribution in [0.25, 0.3) is 6.08 Å². The van der Waals surface area contributed by atoms with Gasteiger partial charge in [0.15, 0.2) is 0 Å². The molecule has 0 saturated carbocycles. The van der Waals surface area contributed by atoms with Gasteiger partial charge in [0.2, 0.25) is 7.98 Å². The van der Waals surface area contributed by atoms with Crippen LogP contribution in [-0.2, 0) is 6.18 Å². The highest BCUT2D eigenvalue weighted by atomic mass is 19.4. The predicted molar refractivity (Wildman–Crippen MR) is 45.9 cm³/mol. The van der Waals surface area contributed by atoms with E-state index >= 15 is 0 Å². The number of aromatic nitrogens is 2. The zero-order chi connectivity index (χ0) is 10.1. The van der Waals surface area contributed by atoms with E-state index in [0.717, 1.165) is 4.59 Å². The highest BCUT2D eigenvalue weighted by Gasteiger charge is 2.36. The van der Waals surface area contributed by atoms with E-state index in [1.165, 1.54) is 20.3 Å². The van der Waals surface area contributed by atoms with Crippen molar-refractivity contribution in [3.8, 4) is 0 Å². The van der Waals surface area contributed by atoms with Crippen LogP contribution in [0.1, 0.15) is 18.2 Å². The Morgan fingerprint density at radius 3 is 2.62 bits per heavy atom. The molecule has 0 radical (unpaired) electrons. The minimum absolute atomic E-state index is 0.0949. The molecule has 1 aromatic rings. The van der Waals surface area contributed by atoms with Crippen LogP contribution in [0.2, 0.25) is 0 Å². The molecule has 0 bridgehead atoms. The van der Waals surface area contributed by atoms with Crippen LogP contribution >= 0.6 is 0 Å². The first kappa shape index (κ1) is 9.89. The fraction of sp³-hybridized carbons (Fsp3) is 0.286. The van der Waals surface area contributed by atoms with Crippen molar-refractivity contribution in [1.29, 1.82) is 0 Å². The fourth-order valence-corrected chi connectivity index (χ4v) is 1.10. The van der Waals surface area contributed by atoms with Gasteiger partial charge in [-0.05, 0) is 6.92 Å². The third-order valence-electron chi connectivity index (χ3n) is 1.58. The van der Waals surface area contributed by atoms with Crippen molar-refractivity contribution in [2.45, 2.75) is 13.1 Å². The van der Waals surface area contributed by atoms with Crippen LogP contribution in [0, 0.1) is 0 Å². The van der Waals surface area contributed by atoms with E-state index in [2.05, 4.69) is 5.10 Å². The highest BCUT2D eigenvalue weighted by molar-refractivity contribution is 6.06. The Kier molecular flexibility index (Phi) is 2.49. The van der Waals surface area contributed by atoms with Crippen molar-refractivity contribution in [2.75, 3.05) is 0 Å². The van der Waals surface area contributed by atoms with Gasteiger partial charge < -0.3 is 4.59 Å². The van der Waals surface area contributed by atoms with Crippen molar-refractivity contribution in [2.24, 2.45) is 0 Å². The van der Waals surface area contributed by atoms with Gasteiger partial charge in [0.1, 0.15) is 5.69 Å². The van der Waals surface area contributed by atoms with Gasteiger partial charge in [-0.2, -0.15) is 18.3 Å². The lowest BCUT2D eigenvalue weighted by atomic mass is 10.2. The second-order valence-corrected chi connectivity index (χ2v) is 2.57. The van der Waals surface area contributed by atoms with Crippen LogP contribution in [0.3, 0.4) is 0 Å². The zero-order valence-electron chi connectivity index (χ0n) is 7.26. The number of hydrogen-bond acceptors (Lipinski definition) is 1. The van der Waals surface area contributed by atoms with Crippen molar-refractivity contribution >= 4 is 14.1 Å². The highest BCUT2D eigenvalue weighted by Crippen LogP contribution is 2.31. The Morgan fingerprint density at radius 2 is 2.15 bits per heavy atom. The average Bonchev–Trinajstić information content (AvgIpc) is 2.31. The molecule has 0 amide bonds. The summed E-state index contributed by atoms with van der Waals surface area (Å²) in [5.41, 5.74) is -0.622.